The number of H-pyrrole nitrogens is 1. The van der Waals surface area contributed by atoms with E-state index >= 15 is 0 Å². The second-order valence-corrected chi connectivity index (χ2v) is 9.58. The SMILES string of the molecule is C[C@@H]1CN2c3ncc(C(F)(F)F)cc3OC[C@H]2CN1C(O)CCOC[C@H](C)Nc1cn[nH]c(=O)c1C(F)(F)F. The number of ether oxygens (including phenoxy) is 2. The lowest BCUT2D eigenvalue weighted by molar-refractivity contribution is -0.138. The third-order valence-corrected chi connectivity index (χ3v) is 6.57. The van der Waals surface area contributed by atoms with Crippen LogP contribution < -0.4 is 20.5 Å². The number of hydrogen-bond donors (Lipinski definition) is 3. The van der Waals surface area contributed by atoms with Crippen LogP contribution in [0.25, 0.3) is 0 Å². The van der Waals surface area contributed by atoms with Gasteiger partial charge in [0.1, 0.15) is 18.4 Å². The molecule has 1 unspecified atom stereocenters. The van der Waals surface area contributed by atoms with Gasteiger partial charge < -0.3 is 24.8 Å². The number of rotatable bonds is 8. The Morgan fingerprint density at radius 1 is 1.23 bits per heavy atom. The molecular weight excluding hydrogens is 538 g/mol. The van der Waals surface area contributed by atoms with Crippen LogP contribution in [0.2, 0.25) is 0 Å². The highest BCUT2D eigenvalue weighted by molar-refractivity contribution is 5.57. The number of nitrogens with zero attached hydrogens (tertiary/aromatic N) is 4. The Morgan fingerprint density at radius 2 is 1.97 bits per heavy atom. The van der Waals surface area contributed by atoms with E-state index in [1.165, 1.54) is 0 Å². The maximum Gasteiger partial charge on any atom is 0.423 e. The number of halogens is 6. The van der Waals surface area contributed by atoms with Crippen molar-refractivity contribution < 1.29 is 40.9 Å². The first-order chi connectivity index (χ1) is 18.3. The van der Waals surface area contributed by atoms with E-state index in [-0.39, 0.29) is 44.1 Å². The van der Waals surface area contributed by atoms with Crippen LogP contribution in [0.15, 0.2) is 23.3 Å². The van der Waals surface area contributed by atoms with Crippen molar-refractivity contribution in [1.29, 1.82) is 0 Å². The largest absolute Gasteiger partial charge is 0.487 e. The van der Waals surface area contributed by atoms with Crippen LogP contribution in [0.4, 0.5) is 37.8 Å². The van der Waals surface area contributed by atoms with Gasteiger partial charge in [-0.3, -0.25) is 9.69 Å². The van der Waals surface area contributed by atoms with Crippen molar-refractivity contribution in [3.05, 3.63) is 39.9 Å². The molecule has 10 nitrogen and oxygen atoms in total. The number of pyridine rings is 1. The fourth-order valence-corrected chi connectivity index (χ4v) is 4.69. The van der Waals surface area contributed by atoms with Crippen molar-refractivity contribution in [3.63, 3.8) is 0 Å². The van der Waals surface area contributed by atoms with Gasteiger partial charge in [0.15, 0.2) is 11.6 Å². The lowest BCUT2D eigenvalue weighted by atomic mass is 10.0. The molecule has 0 aliphatic carbocycles. The molecular formula is C23H28F6N6O4. The fourth-order valence-electron chi connectivity index (χ4n) is 4.69. The molecule has 4 atom stereocenters. The number of nitrogens with one attached hydrogen (secondary N) is 2. The van der Waals surface area contributed by atoms with Crippen LogP contribution in [0, 0.1) is 0 Å². The summed E-state index contributed by atoms with van der Waals surface area (Å²) in [6.45, 7) is 4.46. The summed E-state index contributed by atoms with van der Waals surface area (Å²) in [6, 6.07) is -0.0628. The topological polar surface area (TPSA) is 116 Å². The molecule has 0 aromatic carbocycles. The number of fused-ring (bicyclic) bond motifs is 3. The van der Waals surface area contributed by atoms with E-state index in [0.29, 0.717) is 18.9 Å². The number of aromatic nitrogens is 3. The first-order valence-corrected chi connectivity index (χ1v) is 12.1. The van der Waals surface area contributed by atoms with Crippen molar-refractivity contribution in [2.75, 3.05) is 43.1 Å². The first-order valence-electron chi connectivity index (χ1n) is 12.1. The number of alkyl halides is 6. The molecule has 16 heteroatoms. The maximum atomic E-state index is 13.2. The molecule has 39 heavy (non-hydrogen) atoms. The van der Waals surface area contributed by atoms with Crippen molar-refractivity contribution >= 4 is 11.5 Å². The predicted octanol–water partition coefficient (Wildman–Crippen LogP) is 2.70. The van der Waals surface area contributed by atoms with Gasteiger partial charge in [0, 0.05) is 37.8 Å². The van der Waals surface area contributed by atoms with Gasteiger partial charge in [-0.25, -0.2) is 10.1 Å². The summed E-state index contributed by atoms with van der Waals surface area (Å²) in [5, 5.41) is 18.5. The Hall–Kier alpha value is -3.11. The molecule has 3 N–H and O–H groups in total. The third kappa shape index (κ3) is 6.55. The summed E-state index contributed by atoms with van der Waals surface area (Å²) >= 11 is 0. The molecule has 0 saturated carbocycles. The van der Waals surface area contributed by atoms with Crippen molar-refractivity contribution in [2.45, 2.75) is 57.0 Å². The molecule has 1 saturated heterocycles. The summed E-state index contributed by atoms with van der Waals surface area (Å²) < 4.78 is 89.7. The Labute approximate surface area is 218 Å². The number of aliphatic hydroxyl groups excluding tert-OH is 1. The van der Waals surface area contributed by atoms with Crippen LogP contribution in [-0.4, -0.2) is 82.5 Å². The Bertz CT molecular complexity index is 1210. The lowest BCUT2D eigenvalue weighted by Crippen LogP contribution is -2.63. The van der Waals surface area contributed by atoms with E-state index in [4.69, 9.17) is 9.47 Å². The third-order valence-electron chi connectivity index (χ3n) is 6.57. The zero-order valence-corrected chi connectivity index (χ0v) is 21.0. The highest BCUT2D eigenvalue weighted by atomic mass is 19.4. The molecule has 2 aromatic heterocycles. The summed E-state index contributed by atoms with van der Waals surface area (Å²) in [5.74, 6) is 0.394. The molecule has 0 radical (unpaired) electrons. The van der Waals surface area contributed by atoms with Crippen LogP contribution in [-0.2, 0) is 17.1 Å². The minimum atomic E-state index is -4.86. The number of aliphatic hydroxyl groups is 1. The molecule has 4 heterocycles. The van der Waals surface area contributed by atoms with E-state index in [9.17, 15) is 36.2 Å². The van der Waals surface area contributed by atoms with Crippen LogP contribution in [0.3, 0.4) is 0 Å². The number of anilines is 2. The molecule has 1 fully saturated rings. The summed E-state index contributed by atoms with van der Waals surface area (Å²) in [4.78, 5) is 19.3. The normalized spacial score (nSPS) is 21.5. The number of piperazine rings is 1. The van der Waals surface area contributed by atoms with Crippen LogP contribution in [0.5, 0.6) is 5.75 Å². The van der Waals surface area contributed by atoms with Gasteiger partial charge in [-0.15, -0.1) is 0 Å². The van der Waals surface area contributed by atoms with Crippen molar-refractivity contribution in [3.8, 4) is 5.75 Å². The zero-order chi connectivity index (χ0) is 28.5. The molecule has 4 rings (SSSR count). The van der Waals surface area contributed by atoms with Gasteiger partial charge in [-0.1, -0.05) is 0 Å². The standard InChI is InChI=1S/C23H28F6N6O4/c1-12(32-16-7-31-33-21(37)19(16)23(27,28)29)10-38-4-3-18(36)34-9-15-11-39-17-5-14(22(24,25)26)6-30-20(17)35(15)8-13(34)2/h5-7,12-13,15,18,36H,3-4,8-11H2,1-2H3,(H2,32,33,37)/t12-,13+,15+,18?/m0/s1. The number of hydrogen-bond acceptors (Lipinski definition) is 9. The Kier molecular flexibility index (Phi) is 8.28. The van der Waals surface area contributed by atoms with Gasteiger partial charge in [0.25, 0.3) is 5.56 Å². The zero-order valence-electron chi connectivity index (χ0n) is 21.0. The molecule has 2 aliphatic heterocycles. The first kappa shape index (κ1) is 28.9. The summed E-state index contributed by atoms with van der Waals surface area (Å²) in [5.41, 5.74) is -4.08. The lowest BCUT2D eigenvalue weighted by Gasteiger charge is -2.49. The van der Waals surface area contributed by atoms with E-state index < -0.39 is 47.0 Å². The van der Waals surface area contributed by atoms with Crippen molar-refractivity contribution in [1.82, 2.24) is 20.1 Å². The van der Waals surface area contributed by atoms with Gasteiger partial charge in [-0.2, -0.15) is 31.4 Å². The molecule has 2 aliphatic rings. The molecule has 0 spiro atoms. The highest BCUT2D eigenvalue weighted by Gasteiger charge is 2.41. The highest BCUT2D eigenvalue weighted by Crippen LogP contribution is 2.39. The molecule has 0 bridgehead atoms. The van der Waals surface area contributed by atoms with Gasteiger partial charge in [0.2, 0.25) is 0 Å². The second kappa shape index (κ2) is 11.2. The Morgan fingerprint density at radius 3 is 2.67 bits per heavy atom. The summed E-state index contributed by atoms with van der Waals surface area (Å²) in [6.07, 6.45) is -8.44. The maximum absolute atomic E-state index is 13.2. The summed E-state index contributed by atoms with van der Waals surface area (Å²) in [7, 11) is 0. The molecule has 0 amide bonds. The average molecular weight is 567 g/mol. The van der Waals surface area contributed by atoms with E-state index in [1.54, 1.807) is 12.0 Å². The quantitative estimate of drug-likeness (QED) is 0.328. The smallest absolute Gasteiger partial charge is 0.423 e. The fraction of sp³-hybridized carbons (Fsp3) is 0.609. The minimum Gasteiger partial charge on any atom is -0.487 e. The van der Waals surface area contributed by atoms with Gasteiger partial charge >= 0.3 is 12.4 Å². The molecule has 2 aromatic rings. The molecule has 216 valence electrons. The minimum absolute atomic E-state index is 0.00101. The monoisotopic (exact) mass is 566 g/mol. The number of aromatic amines is 1. The predicted molar refractivity (Wildman–Crippen MR) is 126 cm³/mol. The van der Waals surface area contributed by atoms with Gasteiger partial charge in [0.05, 0.1) is 36.7 Å². The van der Waals surface area contributed by atoms with Crippen LogP contribution in [0.1, 0.15) is 31.4 Å². The second-order valence-electron chi connectivity index (χ2n) is 9.58. The van der Waals surface area contributed by atoms with Gasteiger partial charge in [-0.05, 0) is 19.9 Å². The van der Waals surface area contributed by atoms with E-state index in [0.717, 1.165) is 18.5 Å². The van der Waals surface area contributed by atoms with Crippen LogP contribution >= 0.6 is 0 Å². The van der Waals surface area contributed by atoms with E-state index in [1.807, 2.05) is 16.7 Å². The van der Waals surface area contributed by atoms with Crippen molar-refractivity contribution in [2.24, 2.45) is 0 Å². The average Bonchev–Trinajstić information content (AvgIpc) is 2.84. The Balaban J connectivity index is 1.27. The van der Waals surface area contributed by atoms with E-state index in [2.05, 4.69) is 15.4 Å².